The maximum Gasteiger partial charge on any atom is 0.306 e. The van der Waals surface area contributed by atoms with Crippen LogP contribution in [-0.4, -0.2) is 79.6 Å². The zero-order chi connectivity index (χ0) is 32.7. The van der Waals surface area contributed by atoms with E-state index in [-0.39, 0.29) is 60.5 Å². The summed E-state index contributed by atoms with van der Waals surface area (Å²) < 4.78 is 48.2. The third kappa shape index (κ3) is 7.38. The number of hydrogen-bond acceptors (Lipinski definition) is 10. The number of ether oxygens (including phenoxy) is 3. The molecule has 2 saturated carbocycles. The summed E-state index contributed by atoms with van der Waals surface area (Å²) in [6.45, 7) is 5.24. The molecule has 7 atom stereocenters. The lowest BCUT2D eigenvalue weighted by atomic mass is 9.86. The molecule has 4 fully saturated rings. The number of aliphatic hydroxyl groups is 1. The molecule has 4 aliphatic rings. The smallest absolute Gasteiger partial charge is 0.306 e. The number of carbonyl (C=O) groups excluding carboxylic acids is 1. The Balaban J connectivity index is 1.08. The fourth-order valence-corrected chi connectivity index (χ4v) is 10.3. The number of thiazole rings is 1. The van der Waals surface area contributed by atoms with Crippen LogP contribution in [0, 0.1) is 29.6 Å². The SMILES string of the molecule is CC(C)CN(C[C@@H](O)C(CC(=O)O[C@H]1CC2CO[C@H]3OCCC1[C@@H]23)Cc1ccccc1)S(=O)(=O)c1ccc2nc(NC3CC3)sc2c1. The highest BCUT2D eigenvalue weighted by Crippen LogP contribution is 2.50. The van der Waals surface area contributed by atoms with E-state index in [4.69, 9.17) is 14.2 Å². The van der Waals surface area contributed by atoms with Crippen molar-refractivity contribution in [2.45, 2.75) is 81.8 Å². The topological polar surface area (TPSA) is 127 Å². The summed E-state index contributed by atoms with van der Waals surface area (Å²) in [5.74, 6) is -0.0815. The van der Waals surface area contributed by atoms with Crippen molar-refractivity contribution in [3.63, 3.8) is 0 Å². The molecule has 2 aliphatic heterocycles. The first-order valence-corrected chi connectivity index (χ1v) is 19.2. The summed E-state index contributed by atoms with van der Waals surface area (Å²) in [7, 11) is -3.96. The van der Waals surface area contributed by atoms with E-state index in [2.05, 4.69) is 10.3 Å². The number of rotatable bonds is 14. The lowest BCUT2D eigenvalue weighted by Crippen LogP contribution is -2.43. The highest BCUT2D eigenvalue weighted by Gasteiger charge is 2.55. The normalized spacial score (nSPS) is 26.9. The number of esters is 1. The lowest BCUT2D eigenvalue weighted by molar-refractivity contribution is -0.182. The van der Waals surface area contributed by atoms with Crippen molar-refractivity contribution in [3.8, 4) is 0 Å². The zero-order valence-electron chi connectivity index (χ0n) is 27.0. The van der Waals surface area contributed by atoms with Crippen molar-refractivity contribution >= 4 is 42.7 Å². The number of carbonyl (C=O) groups is 1. The summed E-state index contributed by atoms with van der Waals surface area (Å²) in [6, 6.07) is 15.2. The fourth-order valence-electron chi connectivity index (χ4n) is 7.56. The van der Waals surface area contributed by atoms with Gasteiger partial charge in [0.05, 0.1) is 40.9 Å². The summed E-state index contributed by atoms with van der Waals surface area (Å²) in [4.78, 5) is 18.3. The van der Waals surface area contributed by atoms with Gasteiger partial charge < -0.3 is 24.6 Å². The molecule has 3 aromatic rings. The van der Waals surface area contributed by atoms with Gasteiger partial charge in [-0.15, -0.1) is 0 Å². The molecule has 7 rings (SSSR count). The average molecular weight is 684 g/mol. The Kier molecular flexibility index (Phi) is 9.61. The number of sulfonamides is 1. The molecule has 2 aliphatic carbocycles. The van der Waals surface area contributed by atoms with Crippen LogP contribution in [0.2, 0.25) is 0 Å². The molecule has 2 saturated heterocycles. The molecule has 47 heavy (non-hydrogen) atoms. The maximum absolute atomic E-state index is 14.1. The van der Waals surface area contributed by atoms with Crippen molar-refractivity contribution in [1.29, 1.82) is 0 Å². The van der Waals surface area contributed by atoms with Crippen LogP contribution in [-0.2, 0) is 35.4 Å². The van der Waals surface area contributed by atoms with E-state index in [0.29, 0.717) is 31.6 Å². The van der Waals surface area contributed by atoms with Gasteiger partial charge in [-0.05, 0) is 67.7 Å². The van der Waals surface area contributed by atoms with Gasteiger partial charge >= 0.3 is 5.97 Å². The second-order valence-corrected chi connectivity index (χ2v) is 17.1. The predicted octanol–water partition coefficient (Wildman–Crippen LogP) is 5.07. The van der Waals surface area contributed by atoms with Crippen molar-refractivity contribution in [1.82, 2.24) is 9.29 Å². The molecule has 12 heteroatoms. The first-order chi connectivity index (χ1) is 22.6. The zero-order valence-corrected chi connectivity index (χ0v) is 28.6. The molecule has 2 aromatic carbocycles. The van der Waals surface area contributed by atoms with Crippen LogP contribution < -0.4 is 5.32 Å². The van der Waals surface area contributed by atoms with Gasteiger partial charge in [-0.25, -0.2) is 13.4 Å². The van der Waals surface area contributed by atoms with Crippen LogP contribution in [0.3, 0.4) is 0 Å². The van der Waals surface area contributed by atoms with Gasteiger partial charge in [0.25, 0.3) is 0 Å². The Labute approximate surface area is 280 Å². The number of benzene rings is 2. The van der Waals surface area contributed by atoms with E-state index < -0.39 is 22.0 Å². The largest absolute Gasteiger partial charge is 0.462 e. The molecular weight excluding hydrogens is 639 g/mol. The molecule has 0 amide bonds. The number of fused-ring (bicyclic) bond motifs is 1. The first kappa shape index (κ1) is 32.9. The molecule has 0 spiro atoms. The van der Waals surface area contributed by atoms with Gasteiger partial charge in [-0.2, -0.15) is 4.31 Å². The monoisotopic (exact) mass is 683 g/mol. The first-order valence-electron chi connectivity index (χ1n) is 17.0. The second kappa shape index (κ2) is 13.7. The van der Waals surface area contributed by atoms with E-state index in [0.717, 1.165) is 46.6 Å². The number of nitrogens with zero attached hydrogens (tertiary/aromatic N) is 2. The number of aliphatic hydroxyl groups excluding tert-OH is 1. The van der Waals surface area contributed by atoms with Crippen LogP contribution in [0.4, 0.5) is 5.13 Å². The van der Waals surface area contributed by atoms with Gasteiger partial charge in [-0.3, -0.25) is 4.79 Å². The molecule has 10 nitrogen and oxygen atoms in total. The second-order valence-electron chi connectivity index (χ2n) is 14.1. The van der Waals surface area contributed by atoms with E-state index in [9.17, 15) is 18.3 Å². The standard InChI is InChI=1S/C35H45N3O7S2/c1-21(2)18-38(47(41,42)26-10-11-28-31(17-26)46-35(37-28)36-25-8-9-25)19-29(39)23(14-22-6-4-3-5-7-22)16-32(40)45-30-15-24-20-44-34-33(24)27(30)12-13-43-34/h3-7,10-11,17,21,23-25,27,29-30,33-34,39H,8-9,12-16,18-20H2,1-2H3,(H,36,37)/t23?,24?,27?,29-,30+,33-,34-/m1/s1. The Hall–Kier alpha value is -2.61. The molecular formula is C35H45N3O7S2. The van der Waals surface area contributed by atoms with Crippen LogP contribution in [0.15, 0.2) is 53.4 Å². The van der Waals surface area contributed by atoms with E-state index in [1.54, 1.807) is 18.2 Å². The summed E-state index contributed by atoms with van der Waals surface area (Å²) in [5, 5.41) is 15.9. The fraction of sp³-hybridized carbons (Fsp3) is 0.600. The quantitative estimate of drug-likeness (QED) is 0.224. The summed E-state index contributed by atoms with van der Waals surface area (Å²) in [6.07, 6.45) is 2.75. The highest BCUT2D eigenvalue weighted by molar-refractivity contribution is 7.89. The Morgan fingerprint density at radius 1 is 1.13 bits per heavy atom. The van der Waals surface area contributed by atoms with Crippen molar-refractivity contribution < 1.29 is 32.5 Å². The van der Waals surface area contributed by atoms with Crippen LogP contribution in [0.1, 0.15) is 51.5 Å². The molecule has 3 heterocycles. The average Bonchev–Trinajstić information content (AvgIpc) is 3.45. The van der Waals surface area contributed by atoms with Gasteiger partial charge in [0.1, 0.15) is 6.10 Å². The Morgan fingerprint density at radius 3 is 2.70 bits per heavy atom. The number of hydrogen-bond donors (Lipinski definition) is 2. The highest BCUT2D eigenvalue weighted by atomic mass is 32.2. The minimum absolute atomic E-state index is 0.00972. The van der Waals surface area contributed by atoms with E-state index in [1.165, 1.54) is 15.6 Å². The van der Waals surface area contributed by atoms with E-state index in [1.807, 2.05) is 44.2 Å². The van der Waals surface area contributed by atoms with Crippen LogP contribution >= 0.6 is 11.3 Å². The number of aromatic nitrogens is 1. The molecule has 0 radical (unpaired) electrons. The molecule has 2 N–H and O–H groups in total. The van der Waals surface area contributed by atoms with Gasteiger partial charge in [0.2, 0.25) is 10.0 Å². The molecule has 1 aromatic heterocycles. The van der Waals surface area contributed by atoms with Gasteiger partial charge in [-0.1, -0.05) is 55.5 Å². The summed E-state index contributed by atoms with van der Waals surface area (Å²) >= 11 is 1.45. The number of nitrogens with one attached hydrogen (secondary N) is 1. The minimum atomic E-state index is -3.96. The third-order valence-corrected chi connectivity index (χ3v) is 12.8. The van der Waals surface area contributed by atoms with Gasteiger partial charge in [0, 0.05) is 36.9 Å². The molecule has 3 unspecified atom stereocenters. The van der Waals surface area contributed by atoms with Crippen LogP contribution in [0.25, 0.3) is 10.2 Å². The van der Waals surface area contributed by atoms with Crippen molar-refractivity contribution in [2.75, 3.05) is 31.6 Å². The van der Waals surface area contributed by atoms with Crippen molar-refractivity contribution in [3.05, 3.63) is 54.1 Å². The van der Waals surface area contributed by atoms with Crippen LogP contribution in [0.5, 0.6) is 0 Å². The summed E-state index contributed by atoms with van der Waals surface area (Å²) in [5.41, 5.74) is 1.72. The minimum Gasteiger partial charge on any atom is -0.462 e. The Bertz CT molecular complexity index is 1660. The lowest BCUT2D eigenvalue weighted by Gasteiger charge is -2.33. The Morgan fingerprint density at radius 2 is 1.94 bits per heavy atom. The molecule has 0 bridgehead atoms. The predicted molar refractivity (Wildman–Crippen MR) is 179 cm³/mol. The third-order valence-electron chi connectivity index (χ3n) is 10.0. The van der Waals surface area contributed by atoms with Gasteiger partial charge in [0.15, 0.2) is 11.4 Å². The van der Waals surface area contributed by atoms with E-state index >= 15 is 0 Å². The molecule has 254 valence electrons. The maximum atomic E-state index is 14.1. The number of anilines is 1. The van der Waals surface area contributed by atoms with Crippen molar-refractivity contribution in [2.24, 2.45) is 29.6 Å².